The summed E-state index contributed by atoms with van der Waals surface area (Å²) >= 11 is 0. The Kier molecular flexibility index (Phi) is 3.31. The zero-order valence-electron chi connectivity index (χ0n) is 12.4. The summed E-state index contributed by atoms with van der Waals surface area (Å²) in [5, 5.41) is 11.1. The first-order valence-electron chi connectivity index (χ1n) is 7.12. The quantitative estimate of drug-likeness (QED) is 0.679. The van der Waals surface area contributed by atoms with Crippen molar-refractivity contribution in [1.82, 2.24) is 0 Å². The zero-order valence-corrected chi connectivity index (χ0v) is 12.4. The molecule has 1 aromatic heterocycles. The van der Waals surface area contributed by atoms with Crippen LogP contribution in [0.3, 0.4) is 0 Å². The van der Waals surface area contributed by atoms with E-state index in [0.717, 1.165) is 39.7 Å². The van der Waals surface area contributed by atoms with E-state index in [1.165, 1.54) is 0 Å². The Hall–Kier alpha value is -2.47. The average Bonchev–Trinajstić information content (AvgIpc) is 2.90. The number of methoxy groups -OCH3 is 1. The van der Waals surface area contributed by atoms with Gasteiger partial charge in [-0.1, -0.05) is 13.8 Å². The van der Waals surface area contributed by atoms with Crippen molar-refractivity contribution in [2.45, 2.75) is 26.2 Å². The minimum absolute atomic E-state index is 0.347. The van der Waals surface area contributed by atoms with Gasteiger partial charge in [0.05, 0.1) is 18.7 Å². The van der Waals surface area contributed by atoms with Gasteiger partial charge in [-0.3, -0.25) is 0 Å². The SMILES string of the molecule is CCC(C)c1c(OC)ccc2c1oc1ccc(C#N)cc12. The lowest BCUT2D eigenvalue weighted by atomic mass is 9.95. The maximum absolute atomic E-state index is 9.07. The van der Waals surface area contributed by atoms with Crippen LogP contribution in [-0.2, 0) is 0 Å². The van der Waals surface area contributed by atoms with E-state index in [2.05, 4.69) is 19.9 Å². The molecule has 3 aromatic rings. The van der Waals surface area contributed by atoms with E-state index >= 15 is 0 Å². The third-order valence-electron chi connectivity index (χ3n) is 4.09. The highest BCUT2D eigenvalue weighted by molar-refractivity contribution is 6.07. The fourth-order valence-corrected chi connectivity index (χ4v) is 2.76. The Morgan fingerprint density at radius 3 is 2.71 bits per heavy atom. The molecule has 0 aliphatic heterocycles. The predicted octanol–water partition coefficient (Wildman–Crippen LogP) is 4.98. The topological polar surface area (TPSA) is 46.2 Å². The third kappa shape index (κ3) is 2.04. The molecular formula is C18H17NO2. The molecule has 0 amide bonds. The Labute approximate surface area is 123 Å². The molecule has 1 unspecified atom stereocenters. The van der Waals surface area contributed by atoms with Crippen LogP contribution in [0, 0.1) is 11.3 Å². The number of nitrogens with zero attached hydrogens (tertiary/aromatic N) is 1. The fourth-order valence-electron chi connectivity index (χ4n) is 2.76. The van der Waals surface area contributed by atoms with Crippen LogP contribution in [0.1, 0.15) is 37.3 Å². The van der Waals surface area contributed by atoms with Crippen LogP contribution in [0.2, 0.25) is 0 Å². The molecule has 0 bridgehead atoms. The maximum atomic E-state index is 9.07. The second kappa shape index (κ2) is 5.14. The molecule has 0 N–H and O–H groups in total. The standard InChI is InChI=1S/C18H17NO2/c1-4-11(2)17-16(20-3)8-6-13-14-9-12(10-19)5-7-15(14)21-18(13)17/h5-9,11H,4H2,1-3H3. The van der Waals surface area contributed by atoms with Crippen molar-refractivity contribution in [2.24, 2.45) is 0 Å². The van der Waals surface area contributed by atoms with Gasteiger partial charge in [0, 0.05) is 16.3 Å². The highest BCUT2D eigenvalue weighted by Gasteiger charge is 2.19. The molecule has 0 saturated carbocycles. The number of fused-ring (bicyclic) bond motifs is 3. The molecule has 106 valence electrons. The molecule has 0 saturated heterocycles. The van der Waals surface area contributed by atoms with Gasteiger partial charge in [-0.15, -0.1) is 0 Å². The number of benzene rings is 2. The van der Waals surface area contributed by atoms with E-state index in [4.69, 9.17) is 14.4 Å². The lowest BCUT2D eigenvalue weighted by Gasteiger charge is -2.14. The molecule has 3 heteroatoms. The Bertz CT molecular complexity index is 855. The van der Waals surface area contributed by atoms with Crippen molar-refractivity contribution >= 4 is 21.9 Å². The first kappa shape index (κ1) is 13.5. The van der Waals surface area contributed by atoms with Gasteiger partial charge in [0.2, 0.25) is 0 Å². The Balaban J connectivity index is 2.41. The van der Waals surface area contributed by atoms with Crippen LogP contribution in [0.5, 0.6) is 5.75 Å². The smallest absolute Gasteiger partial charge is 0.142 e. The lowest BCUT2D eigenvalue weighted by molar-refractivity contribution is 0.405. The largest absolute Gasteiger partial charge is 0.496 e. The Morgan fingerprint density at radius 2 is 2.05 bits per heavy atom. The van der Waals surface area contributed by atoms with Gasteiger partial charge in [0.25, 0.3) is 0 Å². The number of rotatable bonds is 3. The number of hydrogen-bond donors (Lipinski definition) is 0. The zero-order chi connectivity index (χ0) is 15.0. The summed E-state index contributed by atoms with van der Waals surface area (Å²) in [6, 6.07) is 11.7. The van der Waals surface area contributed by atoms with Gasteiger partial charge in [0.15, 0.2) is 0 Å². The summed E-state index contributed by atoms with van der Waals surface area (Å²) in [5.74, 6) is 1.20. The number of hydrogen-bond acceptors (Lipinski definition) is 3. The summed E-state index contributed by atoms with van der Waals surface area (Å²) < 4.78 is 11.6. The van der Waals surface area contributed by atoms with Gasteiger partial charge in [-0.2, -0.15) is 5.26 Å². The molecule has 0 aliphatic rings. The molecule has 3 nitrogen and oxygen atoms in total. The predicted molar refractivity (Wildman–Crippen MR) is 83.7 cm³/mol. The van der Waals surface area contributed by atoms with Gasteiger partial charge in [0.1, 0.15) is 16.9 Å². The molecule has 0 fully saturated rings. The van der Waals surface area contributed by atoms with E-state index in [1.54, 1.807) is 13.2 Å². The van der Waals surface area contributed by atoms with E-state index in [0.29, 0.717) is 11.5 Å². The van der Waals surface area contributed by atoms with Crippen LogP contribution < -0.4 is 4.74 Å². The van der Waals surface area contributed by atoms with Crippen LogP contribution in [0.25, 0.3) is 21.9 Å². The molecule has 0 aliphatic carbocycles. The van der Waals surface area contributed by atoms with Crippen LogP contribution in [0.15, 0.2) is 34.7 Å². The lowest BCUT2D eigenvalue weighted by Crippen LogP contribution is -1.97. The monoisotopic (exact) mass is 279 g/mol. The summed E-state index contributed by atoms with van der Waals surface area (Å²) in [6.45, 7) is 4.32. The van der Waals surface area contributed by atoms with Gasteiger partial charge < -0.3 is 9.15 Å². The summed E-state index contributed by atoms with van der Waals surface area (Å²) in [5.41, 5.74) is 3.42. The van der Waals surface area contributed by atoms with E-state index < -0.39 is 0 Å². The number of ether oxygens (including phenoxy) is 1. The van der Waals surface area contributed by atoms with Gasteiger partial charge in [-0.05, 0) is 42.7 Å². The summed E-state index contributed by atoms with van der Waals surface area (Å²) in [6.07, 6.45) is 1.01. The molecule has 3 rings (SSSR count). The average molecular weight is 279 g/mol. The minimum atomic E-state index is 0.347. The molecule has 2 aromatic carbocycles. The van der Waals surface area contributed by atoms with Crippen molar-refractivity contribution in [1.29, 1.82) is 5.26 Å². The van der Waals surface area contributed by atoms with Crippen molar-refractivity contribution in [3.8, 4) is 11.8 Å². The van der Waals surface area contributed by atoms with E-state index in [-0.39, 0.29) is 0 Å². The van der Waals surface area contributed by atoms with Crippen LogP contribution in [0.4, 0.5) is 0 Å². The first-order chi connectivity index (χ1) is 10.2. The molecule has 21 heavy (non-hydrogen) atoms. The molecular weight excluding hydrogens is 262 g/mol. The van der Waals surface area contributed by atoms with Crippen LogP contribution >= 0.6 is 0 Å². The van der Waals surface area contributed by atoms with Crippen molar-refractivity contribution in [3.05, 3.63) is 41.5 Å². The van der Waals surface area contributed by atoms with Gasteiger partial charge >= 0.3 is 0 Å². The summed E-state index contributed by atoms with van der Waals surface area (Å²) in [4.78, 5) is 0. The first-order valence-corrected chi connectivity index (χ1v) is 7.12. The van der Waals surface area contributed by atoms with E-state index in [1.807, 2.05) is 24.3 Å². The second-order valence-electron chi connectivity index (χ2n) is 5.29. The molecule has 1 atom stereocenters. The highest BCUT2D eigenvalue weighted by atomic mass is 16.5. The highest BCUT2D eigenvalue weighted by Crippen LogP contribution is 2.40. The van der Waals surface area contributed by atoms with Crippen molar-refractivity contribution in [3.63, 3.8) is 0 Å². The van der Waals surface area contributed by atoms with E-state index in [9.17, 15) is 0 Å². The molecule has 1 heterocycles. The molecule has 0 radical (unpaired) electrons. The van der Waals surface area contributed by atoms with Crippen molar-refractivity contribution in [2.75, 3.05) is 7.11 Å². The summed E-state index contributed by atoms with van der Waals surface area (Å²) in [7, 11) is 1.68. The Morgan fingerprint density at radius 1 is 1.24 bits per heavy atom. The number of nitriles is 1. The molecule has 0 spiro atoms. The fraction of sp³-hybridized carbons (Fsp3) is 0.278. The third-order valence-corrected chi connectivity index (χ3v) is 4.09. The van der Waals surface area contributed by atoms with Crippen LogP contribution in [-0.4, -0.2) is 7.11 Å². The van der Waals surface area contributed by atoms with Gasteiger partial charge in [-0.25, -0.2) is 0 Å². The number of furan rings is 1. The second-order valence-corrected chi connectivity index (χ2v) is 5.29. The maximum Gasteiger partial charge on any atom is 0.142 e. The minimum Gasteiger partial charge on any atom is -0.496 e. The van der Waals surface area contributed by atoms with Crippen molar-refractivity contribution < 1.29 is 9.15 Å². The normalized spacial score (nSPS) is 12.5.